The predicted octanol–water partition coefficient (Wildman–Crippen LogP) is 3.33. The van der Waals surface area contributed by atoms with Crippen LogP contribution in [0.3, 0.4) is 0 Å². The second-order valence-electron chi connectivity index (χ2n) is 6.99. The van der Waals surface area contributed by atoms with Crippen LogP contribution in [-0.2, 0) is 14.6 Å². The van der Waals surface area contributed by atoms with Gasteiger partial charge in [0.2, 0.25) is 0 Å². The van der Waals surface area contributed by atoms with E-state index in [1.54, 1.807) is 24.3 Å². The number of amidine groups is 1. The molecule has 0 N–H and O–H groups in total. The van der Waals surface area contributed by atoms with Crippen LogP contribution in [0, 0.1) is 6.92 Å². The van der Waals surface area contributed by atoms with Crippen molar-refractivity contribution >= 4 is 50.0 Å². The van der Waals surface area contributed by atoms with Gasteiger partial charge >= 0.3 is 0 Å². The molecule has 0 aromatic heterocycles. The topological polar surface area (TPSA) is 76.0 Å². The molecule has 2 heterocycles. The molecule has 0 bridgehead atoms. The van der Waals surface area contributed by atoms with Crippen molar-refractivity contribution in [2.45, 2.75) is 18.2 Å². The van der Waals surface area contributed by atoms with E-state index in [2.05, 4.69) is 4.99 Å². The van der Waals surface area contributed by atoms with Crippen molar-refractivity contribution < 1.29 is 17.9 Å². The van der Waals surface area contributed by atoms with E-state index in [0.717, 1.165) is 11.3 Å². The Hall–Kier alpha value is -2.03. The van der Waals surface area contributed by atoms with E-state index >= 15 is 0 Å². The van der Waals surface area contributed by atoms with Gasteiger partial charge in [-0.2, -0.15) is 4.99 Å². The summed E-state index contributed by atoms with van der Waals surface area (Å²) in [6.45, 7) is 1.73. The molecule has 1 amide bonds. The minimum atomic E-state index is -3.13. The number of carbonyl (C=O) groups is 1. The molecule has 6 nitrogen and oxygen atoms in total. The van der Waals surface area contributed by atoms with Gasteiger partial charge < -0.3 is 9.64 Å². The lowest BCUT2D eigenvalue weighted by atomic mass is 10.1. The first kappa shape index (κ1) is 20.3. The van der Waals surface area contributed by atoms with Gasteiger partial charge in [0.25, 0.3) is 5.91 Å². The molecule has 9 heteroatoms. The van der Waals surface area contributed by atoms with Crippen molar-refractivity contribution in [3.05, 3.63) is 59.1 Å². The minimum absolute atomic E-state index is 0.0321. The molecule has 0 aliphatic carbocycles. The van der Waals surface area contributed by atoms with Gasteiger partial charge in [-0.3, -0.25) is 4.79 Å². The van der Waals surface area contributed by atoms with Crippen molar-refractivity contribution in [2.24, 2.45) is 4.99 Å². The second kappa shape index (κ2) is 8.01. The first-order valence-electron chi connectivity index (χ1n) is 9.04. The third kappa shape index (κ3) is 4.44. The molecule has 29 heavy (non-hydrogen) atoms. The van der Waals surface area contributed by atoms with Gasteiger partial charge in [0.1, 0.15) is 5.75 Å². The van der Waals surface area contributed by atoms with Crippen LogP contribution in [-0.4, -0.2) is 48.9 Å². The number of aliphatic imine (C=N–C) groups is 1. The van der Waals surface area contributed by atoms with Crippen molar-refractivity contribution in [1.29, 1.82) is 0 Å². The number of hydrogen-bond donors (Lipinski definition) is 0. The molecule has 0 unspecified atom stereocenters. The zero-order valence-electron chi connectivity index (χ0n) is 15.6. The van der Waals surface area contributed by atoms with Gasteiger partial charge in [-0.25, -0.2) is 8.42 Å². The molecule has 0 saturated carbocycles. The highest BCUT2D eigenvalue weighted by Gasteiger charge is 2.49. The second-order valence-corrected chi connectivity index (χ2v) is 10.8. The van der Waals surface area contributed by atoms with Crippen LogP contribution in [0.15, 0.2) is 53.5 Å². The number of aryl methyl sites for hydroxylation is 1. The summed E-state index contributed by atoms with van der Waals surface area (Å²) in [6.07, 6.45) is 0. The van der Waals surface area contributed by atoms with E-state index in [1.807, 2.05) is 36.1 Å². The Morgan fingerprint density at radius 1 is 1.24 bits per heavy atom. The number of ether oxygens (including phenoxy) is 1. The largest absolute Gasteiger partial charge is 0.484 e. The lowest BCUT2D eigenvalue weighted by Crippen LogP contribution is -2.38. The average molecular weight is 451 g/mol. The van der Waals surface area contributed by atoms with Crippen molar-refractivity contribution in [1.82, 2.24) is 0 Å². The van der Waals surface area contributed by atoms with Gasteiger partial charge in [-0.1, -0.05) is 47.6 Å². The standard InChI is InChI=1S/C20H19ClN2O4S2/c1-13-7-8-14(21)9-16(13)23-17-11-29(25,26)12-18(17)28-20(23)22-19(24)10-27-15-5-3-2-4-6-15/h2-9,17-18H,10-12H2,1H3/t17-,18+/m1/s1. The van der Waals surface area contributed by atoms with Crippen LogP contribution in [0.25, 0.3) is 0 Å². The van der Waals surface area contributed by atoms with Gasteiger partial charge in [-0.05, 0) is 36.8 Å². The Bertz CT molecular complexity index is 1070. The van der Waals surface area contributed by atoms with Crippen molar-refractivity contribution in [3.8, 4) is 5.75 Å². The van der Waals surface area contributed by atoms with E-state index in [9.17, 15) is 13.2 Å². The summed E-state index contributed by atoms with van der Waals surface area (Å²) in [7, 11) is -3.13. The molecule has 2 aliphatic heterocycles. The number of amides is 1. The lowest BCUT2D eigenvalue weighted by Gasteiger charge is -2.26. The summed E-state index contributed by atoms with van der Waals surface area (Å²) in [5.41, 5.74) is 1.70. The Morgan fingerprint density at radius 2 is 2.00 bits per heavy atom. The Morgan fingerprint density at radius 3 is 2.76 bits per heavy atom. The number of carbonyl (C=O) groups excluding carboxylic acids is 1. The molecule has 2 aliphatic rings. The highest BCUT2D eigenvalue weighted by Crippen LogP contribution is 2.42. The van der Waals surface area contributed by atoms with Gasteiger partial charge in [0.05, 0.1) is 17.5 Å². The molecular weight excluding hydrogens is 432 g/mol. The third-order valence-electron chi connectivity index (χ3n) is 4.82. The number of benzene rings is 2. The lowest BCUT2D eigenvalue weighted by molar-refractivity contribution is -0.119. The quantitative estimate of drug-likeness (QED) is 0.711. The highest BCUT2D eigenvalue weighted by atomic mass is 35.5. The molecule has 152 valence electrons. The number of rotatable bonds is 4. The van der Waals surface area contributed by atoms with E-state index in [1.165, 1.54) is 11.8 Å². The number of thioether (sulfide) groups is 1. The number of sulfone groups is 1. The Balaban J connectivity index is 1.61. The first-order valence-corrected chi connectivity index (χ1v) is 12.1. The number of para-hydroxylation sites is 1. The molecule has 0 radical (unpaired) electrons. The average Bonchev–Trinajstić information content (AvgIpc) is 3.14. The number of hydrogen-bond acceptors (Lipinski definition) is 5. The number of anilines is 1. The normalized spacial score (nSPS) is 23.9. The van der Waals surface area contributed by atoms with Crippen LogP contribution < -0.4 is 9.64 Å². The van der Waals surface area contributed by atoms with Crippen LogP contribution in [0.5, 0.6) is 5.75 Å². The summed E-state index contributed by atoms with van der Waals surface area (Å²) >= 11 is 7.52. The van der Waals surface area contributed by atoms with Crippen LogP contribution in [0.1, 0.15) is 5.56 Å². The molecule has 2 fully saturated rings. The van der Waals surface area contributed by atoms with Crippen LogP contribution >= 0.6 is 23.4 Å². The number of halogens is 1. The van der Waals surface area contributed by atoms with E-state index < -0.39 is 15.7 Å². The Kier molecular flexibility index (Phi) is 5.59. The zero-order valence-corrected chi connectivity index (χ0v) is 18.0. The maximum Gasteiger partial charge on any atom is 0.285 e. The SMILES string of the molecule is Cc1ccc(Cl)cc1N1C(=NC(=O)COc2ccccc2)S[C@H]2CS(=O)(=O)C[C@H]21. The molecule has 2 aromatic rings. The molecule has 2 aromatic carbocycles. The minimum Gasteiger partial charge on any atom is -0.484 e. The summed E-state index contributed by atoms with van der Waals surface area (Å²) in [6, 6.07) is 14.2. The van der Waals surface area contributed by atoms with E-state index in [-0.39, 0.29) is 29.4 Å². The molecule has 2 atom stereocenters. The maximum atomic E-state index is 12.5. The summed E-state index contributed by atoms with van der Waals surface area (Å²) in [5, 5.41) is 0.861. The number of nitrogens with zero attached hydrogens (tertiary/aromatic N) is 2. The highest BCUT2D eigenvalue weighted by molar-refractivity contribution is 8.16. The fourth-order valence-corrected chi connectivity index (χ4v) is 7.58. The van der Waals surface area contributed by atoms with Gasteiger partial charge in [0.15, 0.2) is 21.6 Å². The van der Waals surface area contributed by atoms with Crippen LogP contribution in [0.4, 0.5) is 5.69 Å². The maximum absolute atomic E-state index is 12.5. The predicted molar refractivity (Wildman–Crippen MR) is 117 cm³/mol. The summed E-state index contributed by atoms with van der Waals surface area (Å²) in [4.78, 5) is 18.6. The molecule has 4 rings (SSSR count). The molecular formula is C20H19ClN2O4S2. The fourth-order valence-electron chi connectivity index (χ4n) is 3.49. The molecule has 2 saturated heterocycles. The summed E-state index contributed by atoms with van der Waals surface area (Å²) in [5.74, 6) is 0.269. The molecule has 0 spiro atoms. The van der Waals surface area contributed by atoms with Crippen molar-refractivity contribution in [3.63, 3.8) is 0 Å². The fraction of sp³-hybridized carbons (Fsp3) is 0.300. The zero-order chi connectivity index (χ0) is 20.6. The first-order chi connectivity index (χ1) is 13.8. The van der Waals surface area contributed by atoms with Crippen LogP contribution in [0.2, 0.25) is 5.02 Å². The summed E-state index contributed by atoms with van der Waals surface area (Å²) < 4.78 is 29.8. The Labute approximate surface area is 178 Å². The van der Waals surface area contributed by atoms with Gasteiger partial charge in [-0.15, -0.1) is 0 Å². The smallest absolute Gasteiger partial charge is 0.285 e. The number of fused-ring (bicyclic) bond motifs is 1. The monoisotopic (exact) mass is 450 g/mol. The van der Waals surface area contributed by atoms with Gasteiger partial charge in [0, 0.05) is 16.0 Å². The third-order valence-corrected chi connectivity index (χ3v) is 8.27. The van der Waals surface area contributed by atoms with E-state index in [4.69, 9.17) is 16.3 Å². The van der Waals surface area contributed by atoms with Crippen molar-refractivity contribution in [2.75, 3.05) is 23.0 Å². The van der Waals surface area contributed by atoms with E-state index in [0.29, 0.717) is 15.9 Å².